The number of para-hydroxylation sites is 1. The molecule has 0 aromatic heterocycles. The fraction of sp³-hybridized carbons (Fsp3) is 0.0714. The van der Waals surface area contributed by atoms with Gasteiger partial charge in [0, 0.05) is 5.02 Å². The molecule has 0 aliphatic heterocycles. The molecule has 0 saturated heterocycles. The molecule has 2 aromatic carbocycles. The summed E-state index contributed by atoms with van der Waals surface area (Å²) >= 11 is 5.74. The second-order valence-corrected chi connectivity index (χ2v) is 6.78. The van der Waals surface area contributed by atoms with Crippen LogP contribution >= 0.6 is 11.6 Å². The van der Waals surface area contributed by atoms with E-state index in [0.717, 1.165) is 6.07 Å². The number of carbonyl (C=O) groups is 1. The summed E-state index contributed by atoms with van der Waals surface area (Å²) in [6.07, 6.45) is 0. The second kappa shape index (κ2) is 6.95. The van der Waals surface area contributed by atoms with E-state index in [-0.39, 0.29) is 10.6 Å². The van der Waals surface area contributed by atoms with Gasteiger partial charge in [0.05, 0.1) is 10.6 Å². The number of hydrazine groups is 1. The third-order valence-electron chi connectivity index (χ3n) is 2.97. The van der Waals surface area contributed by atoms with Gasteiger partial charge in [-0.1, -0.05) is 23.7 Å². The van der Waals surface area contributed by atoms with E-state index in [0.29, 0.717) is 9.33 Å². The summed E-state index contributed by atoms with van der Waals surface area (Å²) in [7, 11) is -4.18. The van der Waals surface area contributed by atoms with Gasteiger partial charge in [-0.05, 0) is 36.4 Å². The standard InChI is InChI=1S/C14H13ClFN3O3S/c15-10-5-7-11(8-6-10)23(21,22)19(9-14(20)18-17)13-4-2-1-3-12(13)16/h1-8H,9,17H2,(H,18,20). The highest BCUT2D eigenvalue weighted by atomic mass is 35.5. The van der Waals surface area contributed by atoms with Gasteiger partial charge in [-0.15, -0.1) is 0 Å². The van der Waals surface area contributed by atoms with Crippen molar-refractivity contribution < 1.29 is 17.6 Å². The van der Waals surface area contributed by atoms with Crippen LogP contribution in [0.1, 0.15) is 0 Å². The minimum atomic E-state index is -4.18. The minimum absolute atomic E-state index is 0.130. The van der Waals surface area contributed by atoms with E-state index < -0.39 is 28.3 Å². The molecule has 0 unspecified atom stereocenters. The molecule has 0 bridgehead atoms. The van der Waals surface area contributed by atoms with E-state index in [2.05, 4.69) is 0 Å². The van der Waals surface area contributed by atoms with Crippen molar-refractivity contribution in [2.24, 2.45) is 5.84 Å². The molecule has 2 rings (SSSR count). The lowest BCUT2D eigenvalue weighted by Gasteiger charge is -2.24. The zero-order valence-electron chi connectivity index (χ0n) is 11.7. The van der Waals surface area contributed by atoms with Crippen molar-refractivity contribution in [1.82, 2.24) is 5.43 Å². The number of benzene rings is 2. The molecular weight excluding hydrogens is 345 g/mol. The third kappa shape index (κ3) is 3.79. The molecule has 9 heteroatoms. The molecule has 0 fully saturated rings. The number of hydrogen-bond donors (Lipinski definition) is 2. The lowest BCUT2D eigenvalue weighted by Crippen LogP contribution is -2.43. The number of nitrogens with one attached hydrogen (secondary N) is 1. The van der Waals surface area contributed by atoms with Crippen molar-refractivity contribution >= 4 is 33.2 Å². The molecule has 0 aliphatic rings. The van der Waals surface area contributed by atoms with Gasteiger partial charge in [0.2, 0.25) is 0 Å². The van der Waals surface area contributed by atoms with Crippen molar-refractivity contribution in [2.45, 2.75) is 4.90 Å². The number of carbonyl (C=O) groups excluding carboxylic acids is 1. The van der Waals surface area contributed by atoms with Gasteiger partial charge in [-0.3, -0.25) is 14.5 Å². The van der Waals surface area contributed by atoms with Crippen molar-refractivity contribution in [2.75, 3.05) is 10.8 Å². The quantitative estimate of drug-likeness (QED) is 0.483. The highest BCUT2D eigenvalue weighted by Gasteiger charge is 2.28. The van der Waals surface area contributed by atoms with Crippen LogP contribution in [0.4, 0.5) is 10.1 Å². The van der Waals surface area contributed by atoms with Crippen LogP contribution in [-0.4, -0.2) is 20.9 Å². The number of nitrogens with two attached hydrogens (primary N) is 1. The summed E-state index contributed by atoms with van der Waals surface area (Å²) in [5, 5.41) is 0.348. The SMILES string of the molecule is NNC(=O)CN(c1ccccc1F)S(=O)(=O)c1ccc(Cl)cc1. The van der Waals surface area contributed by atoms with Gasteiger partial charge in [-0.25, -0.2) is 18.7 Å². The summed E-state index contributed by atoms with van der Waals surface area (Å²) in [6, 6.07) is 10.5. The van der Waals surface area contributed by atoms with E-state index in [9.17, 15) is 17.6 Å². The van der Waals surface area contributed by atoms with Crippen molar-refractivity contribution in [1.29, 1.82) is 0 Å². The molecule has 0 heterocycles. The number of hydrogen-bond acceptors (Lipinski definition) is 4. The van der Waals surface area contributed by atoms with Gasteiger partial charge >= 0.3 is 0 Å². The maximum Gasteiger partial charge on any atom is 0.264 e. The highest BCUT2D eigenvalue weighted by Crippen LogP contribution is 2.26. The molecule has 23 heavy (non-hydrogen) atoms. The first kappa shape index (κ1) is 17.2. The fourth-order valence-corrected chi connectivity index (χ4v) is 3.42. The second-order valence-electron chi connectivity index (χ2n) is 4.48. The van der Waals surface area contributed by atoms with Gasteiger partial charge in [0.25, 0.3) is 15.9 Å². The number of nitrogens with zero attached hydrogens (tertiary/aromatic N) is 1. The molecule has 2 aromatic rings. The highest BCUT2D eigenvalue weighted by molar-refractivity contribution is 7.92. The molecule has 0 aliphatic carbocycles. The van der Waals surface area contributed by atoms with Crippen LogP contribution in [0.2, 0.25) is 5.02 Å². The van der Waals surface area contributed by atoms with Gasteiger partial charge in [0.15, 0.2) is 0 Å². The van der Waals surface area contributed by atoms with Crippen LogP contribution in [0.25, 0.3) is 0 Å². The zero-order chi connectivity index (χ0) is 17.0. The molecule has 3 N–H and O–H groups in total. The molecule has 0 radical (unpaired) electrons. The van der Waals surface area contributed by atoms with Crippen LogP contribution in [0.15, 0.2) is 53.4 Å². The first-order valence-corrected chi connectivity index (χ1v) is 8.20. The van der Waals surface area contributed by atoms with Crippen LogP contribution in [-0.2, 0) is 14.8 Å². The van der Waals surface area contributed by atoms with Gasteiger partial charge in [0.1, 0.15) is 12.4 Å². The van der Waals surface area contributed by atoms with Crippen LogP contribution < -0.4 is 15.6 Å². The van der Waals surface area contributed by atoms with Gasteiger partial charge in [-0.2, -0.15) is 0 Å². The monoisotopic (exact) mass is 357 g/mol. The average Bonchev–Trinajstić information content (AvgIpc) is 2.53. The maximum atomic E-state index is 14.0. The summed E-state index contributed by atoms with van der Waals surface area (Å²) in [5.41, 5.74) is 1.57. The first-order valence-electron chi connectivity index (χ1n) is 6.38. The Morgan fingerprint density at radius 3 is 2.35 bits per heavy atom. The Morgan fingerprint density at radius 2 is 1.78 bits per heavy atom. The Kier molecular flexibility index (Phi) is 5.19. The summed E-state index contributed by atoms with van der Waals surface area (Å²) in [5.74, 6) is 3.44. The van der Waals surface area contributed by atoms with Crippen LogP contribution in [0.3, 0.4) is 0 Å². The summed E-state index contributed by atoms with van der Waals surface area (Å²) < 4.78 is 40.1. The van der Waals surface area contributed by atoms with Crippen LogP contribution in [0.5, 0.6) is 0 Å². The van der Waals surface area contributed by atoms with E-state index in [1.54, 1.807) is 0 Å². The molecule has 0 atom stereocenters. The normalized spacial score (nSPS) is 11.1. The smallest absolute Gasteiger partial charge is 0.264 e. The van der Waals surface area contributed by atoms with Crippen LogP contribution in [0, 0.1) is 5.82 Å². The van der Waals surface area contributed by atoms with Crippen molar-refractivity contribution in [3.8, 4) is 0 Å². The lowest BCUT2D eigenvalue weighted by atomic mass is 10.3. The molecule has 0 spiro atoms. The van der Waals surface area contributed by atoms with E-state index in [1.807, 2.05) is 5.43 Å². The molecule has 6 nitrogen and oxygen atoms in total. The molecule has 0 saturated carbocycles. The Balaban J connectivity index is 2.54. The fourth-order valence-electron chi connectivity index (χ4n) is 1.86. The number of sulfonamides is 1. The number of anilines is 1. The zero-order valence-corrected chi connectivity index (χ0v) is 13.3. The van der Waals surface area contributed by atoms with E-state index in [4.69, 9.17) is 17.4 Å². The predicted molar refractivity (Wildman–Crippen MR) is 84.7 cm³/mol. The van der Waals surface area contributed by atoms with E-state index in [1.165, 1.54) is 42.5 Å². The summed E-state index contributed by atoms with van der Waals surface area (Å²) in [4.78, 5) is 11.4. The average molecular weight is 358 g/mol. The number of amides is 1. The Labute approximate surface area is 137 Å². The topological polar surface area (TPSA) is 92.5 Å². The summed E-state index contributed by atoms with van der Waals surface area (Å²) in [6.45, 7) is -0.664. The van der Waals surface area contributed by atoms with Crippen molar-refractivity contribution in [3.63, 3.8) is 0 Å². The Hall–Kier alpha value is -2.16. The predicted octanol–water partition coefficient (Wildman–Crippen LogP) is 1.66. The van der Waals surface area contributed by atoms with Gasteiger partial charge < -0.3 is 0 Å². The number of rotatable bonds is 5. The minimum Gasteiger partial charge on any atom is -0.293 e. The molecule has 1 amide bonds. The molecular formula is C14H13ClFN3O3S. The maximum absolute atomic E-state index is 14.0. The largest absolute Gasteiger partial charge is 0.293 e. The van der Waals surface area contributed by atoms with E-state index >= 15 is 0 Å². The Bertz CT molecular complexity index is 812. The molecule has 122 valence electrons. The number of halogens is 2. The van der Waals surface area contributed by atoms with Crippen molar-refractivity contribution in [3.05, 3.63) is 59.4 Å². The Morgan fingerprint density at radius 1 is 1.17 bits per heavy atom. The lowest BCUT2D eigenvalue weighted by molar-refractivity contribution is -0.119. The third-order valence-corrected chi connectivity index (χ3v) is 5.00. The first-order chi connectivity index (χ1) is 10.9.